The zero-order chi connectivity index (χ0) is 30.9. The molecular weight excluding hydrogens is 565 g/mol. The maximum atomic E-state index is 14.7. The average Bonchev–Trinajstić information content (AvgIpc) is 3.19. The molecule has 1 aliphatic rings. The van der Waals surface area contributed by atoms with Gasteiger partial charge in [0.2, 0.25) is 0 Å². The summed E-state index contributed by atoms with van der Waals surface area (Å²) in [4.78, 5) is 2.18. The highest BCUT2D eigenvalue weighted by Gasteiger charge is 2.32. The largest absolute Gasteiger partial charge is 0.495 e. The number of anilines is 2. The Bertz CT molecular complexity index is 1550. The predicted octanol–water partition coefficient (Wildman–Crippen LogP) is 6.30. The van der Waals surface area contributed by atoms with E-state index in [1.807, 2.05) is 25.3 Å². The van der Waals surface area contributed by atoms with Crippen molar-refractivity contribution in [2.24, 2.45) is 0 Å². The first-order valence-electron chi connectivity index (χ1n) is 13.8. The number of rotatable bonds is 7. The van der Waals surface area contributed by atoms with Crippen LogP contribution in [-0.4, -0.2) is 70.3 Å². The molecule has 0 spiro atoms. The van der Waals surface area contributed by atoms with Crippen molar-refractivity contribution in [2.45, 2.75) is 31.2 Å². The summed E-state index contributed by atoms with van der Waals surface area (Å²) in [6.45, 7) is 4.87. The summed E-state index contributed by atoms with van der Waals surface area (Å²) in [5.74, 6) is 5.85. The van der Waals surface area contributed by atoms with E-state index in [4.69, 9.17) is 20.7 Å². The van der Waals surface area contributed by atoms with Gasteiger partial charge in [0.1, 0.15) is 11.9 Å². The number of ether oxygens (including phenoxy) is 1. The second kappa shape index (κ2) is 12.1. The first-order chi connectivity index (χ1) is 19.5. The van der Waals surface area contributed by atoms with E-state index >= 15 is 0 Å². The van der Waals surface area contributed by atoms with Crippen molar-refractivity contribution >= 4 is 55.9 Å². The number of benzene rings is 2. The summed E-state index contributed by atoms with van der Waals surface area (Å²) >= 11 is 6.71. The molecule has 4 rings (SSSR count). The van der Waals surface area contributed by atoms with Crippen LogP contribution in [0.4, 0.5) is 28.9 Å². The van der Waals surface area contributed by atoms with Crippen LogP contribution in [-0.2, 0) is 18.2 Å². The van der Waals surface area contributed by atoms with Crippen LogP contribution in [0, 0.1) is 11.8 Å². The molecule has 210 valence electrons. The Balaban J connectivity index is 1.62. The third-order valence-corrected chi connectivity index (χ3v) is 9.90. The average molecular weight is 601 g/mol. The van der Waals surface area contributed by atoms with Crippen molar-refractivity contribution in [1.82, 2.24) is 4.90 Å². The minimum atomic E-state index is -4.45. The molecule has 0 amide bonds. The Morgan fingerprint density at radius 2 is 2.05 bits per heavy atom. The van der Waals surface area contributed by atoms with E-state index in [-0.39, 0.29) is 29.3 Å². The highest BCUT2D eigenvalue weighted by molar-refractivity contribution is 8.17. The number of thiophene rings is 1. The van der Waals surface area contributed by atoms with Gasteiger partial charge in [0.15, 0.2) is 0 Å². The third-order valence-electron chi connectivity index (χ3n) is 6.55. The number of alkyl halides is 4. The zero-order valence-corrected chi connectivity index (χ0v) is 24.3. The lowest BCUT2D eigenvalue weighted by atomic mass is 10.0. The van der Waals surface area contributed by atoms with Gasteiger partial charge in [-0.25, -0.2) is 4.39 Å². The molecule has 0 radical (unpaired) electrons. The molecule has 0 bridgehead atoms. The smallest absolute Gasteiger partial charge is 0.393 e. The number of halogens is 4. The van der Waals surface area contributed by atoms with Crippen LogP contribution in [0.15, 0.2) is 36.4 Å². The fourth-order valence-electron chi connectivity index (χ4n) is 4.52. The second-order valence-electron chi connectivity index (χ2n) is 9.99. The van der Waals surface area contributed by atoms with Crippen LogP contribution in [0.2, 0.25) is 0 Å². The zero-order valence-electron chi connectivity index (χ0n) is 24.8. The molecule has 1 saturated heterocycles. The standard InChI is InChI=1S/C28H32F4N3OPS2/c1-35-14-12-22(21(29)17-35)34-24-8-5-7-19-20(16-28(30,31)32)26(39-27(19)24)9-6-13-33-23-11-10-18(37(3,4)38)15-25(23)36-2/h5,7-8,10-11,15,21-22,33-34H,12-14,16-17H2,1-4H3/t21-,22+/m0/s1/i2D3. The van der Waals surface area contributed by atoms with Gasteiger partial charge in [-0.15, -0.1) is 11.3 Å². The van der Waals surface area contributed by atoms with Crippen LogP contribution < -0.4 is 20.7 Å². The van der Waals surface area contributed by atoms with Gasteiger partial charge in [-0.2, -0.15) is 13.2 Å². The maximum absolute atomic E-state index is 14.7. The number of hydrogen-bond acceptors (Lipinski definition) is 6. The van der Waals surface area contributed by atoms with Gasteiger partial charge in [-0.05, 0) is 67.3 Å². The molecule has 39 heavy (non-hydrogen) atoms. The molecule has 2 atom stereocenters. The van der Waals surface area contributed by atoms with E-state index in [1.165, 1.54) is 0 Å². The fraction of sp³-hybridized carbons (Fsp3) is 0.429. The lowest BCUT2D eigenvalue weighted by Crippen LogP contribution is -2.46. The molecular formula is C28H32F4N3OPS2. The van der Waals surface area contributed by atoms with Crippen molar-refractivity contribution in [3.8, 4) is 17.6 Å². The van der Waals surface area contributed by atoms with E-state index in [2.05, 4.69) is 22.5 Å². The van der Waals surface area contributed by atoms with Gasteiger partial charge >= 0.3 is 6.18 Å². The predicted molar refractivity (Wildman–Crippen MR) is 160 cm³/mol. The number of hydrogen-bond donors (Lipinski definition) is 2. The molecule has 0 aliphatic carbocycles. The molecule has 1 aliphatic heterocycles. The lowest BCUT2D eigenvalue weighted by molar-refractivity contribution is -0.126. The summed E-state index contributed by atoms with van der Waals surface area (Å²) < 4.78 is 83.8. The van der Waals surface area contributed by atoms with E-state index in [1.54, 1.807) is 36.4 Å². The summed E-state index contributed by atoms with van der Waals surface area (Å²) in [5.41, 5.74) is 1.04. The number of methoxy groups -OCH3 is 1. The highest BCUT2D eigenvalue weighted by atomic mass is 32.4. The van der Waals surface area contributed by atoms with Gasteiger partial charge < -0.3 is 20.3 Å². The van der Waals surface area contributed by atoms with Gasteiger partial charge in [-0.3, -0.25) is 0 Å². The number of piperidine rings is 1. The Morgan fingerprint density at radius 3 is 2.74 bits per heavy atom. The molecule has 11 heteroatoms. The molecule has 2 aromatic carbocycles. The Labute approximate surface area is 240 Å². The van der Waals surface area contributed by atoms with Gasteiger partial charge in [0.05, 0.1) is 51.1 Å². The van der Waals surface area contributed by atoms with E-state index in [0.717, 1.165) is 23.2 Å². The monoisotopic (exact) mass is 600 g/mol. The molecule has 0 unspecified atom stereocenters. The Hall–Kier alpha value is -2.31. The van der Waals surface area contributed by atoms with Crippen LogP contribution in [0.3, 0.4) is 0 Å². The van der Waals surface area contributed by atoms with Crippen molar-refractivity contribution in [2.75, 3.05) is 57.7 Å². The number of nitrogens with one attached hydrogen (secondary N) is 2. The molecule has 3 aromatic rings. The van der Waals surface area contributed by atoms with E-state index in [0.29, 0.717) is 27.9 Å². The summed E-state index contributed by atoms with van der Waals surface area (Å²) in [7, 11) is -0.832. The van der Waals surface area contributed by atoms with Crippen molar-refractivity contribution in [1.29, 1.82) is 0 Å². The summed E-state index contributed by atoms with van der Waals surface area (Å²) in [6, 6.07) is 7.82. The summed E-state index contributed by atoms with van der Waals surface area (Å²) in [6.07, 6.45) is -6.13. The first-order valence-corrected chi connectivity index (χ1v) is 16.8. The minimum absolute atomic E-state index is 0.0209. The van der Waals surface area contributed by atoms with Crippen LogP contribution in [0.25, 0.3) is 10.1 Å². The molecule has 2 N–H and O–H groups in total. The van der Waals surface area contributed by atoms with Crippen LogP contribution >= 0.6 is 17.4 Å². The van der Waals surface area contributed by atoms with Gasteiger partial charge in [-0.1, -0.05) is 41.8 Å². The third kappa shape index (κ3) is 7.46. The Morgan fingerprint density at radius 1 is 1.26 bits per heavy atom. The number of likely N-dealkylation sites (tertiary alicyclic amines) is 1. The van der Waals surface area contributed by atoms with Crippen molar-refractivity contribution in [3.05, 3.63) is 46.8 Å². The molecule has 1 fully saturated rings. The molecule has 1 aromatic heterocycles. The topological polar surface area (TPSA) is 36.5 Å². The molecule has 4 nitrogen and oxygen atoms in total. The lowest BCUT2D eigenvalue weighted by Gasteiger charge is -2.33. The molecule has 2 heterocycles. The van der Waals surface area contributed by atoms with Crippen LogP contribution in [0.1, 0.15) is 21.0 Å². The van der Waals surface area contributed by atoms with E-state index < -0.39 is 37.9 Å². The van der Waals surface area contributed by atoms with Gasteiger partial charge in [0.25, 0.3) is 0 Å². The maximum Gasteiger partial charge on any atom is 0.393 e. The fourth-order valence-corrected chi connectivity index (χ4v) is 6.89. The van der Waals surface area contributed by atoms with Crippen molar-refractivity contribution < 1.29 is 26.4 Å². The Kier molecular flexibility index (Phi) is 7.93. The van der Waals surface area contributed by atoms with Crippen LogP contribution in [0.5, 0.6) is 5.75 Å². The minimum Gasteiger partial charge on any atom is -0.495 e. The number of fused-ring (bicyclic) bond motifs is 1. The first kappa shape index (κ1) is 25.6. The second-order valence-corrected chi connectivity index (χ2v) is 17.0. The highest BCUT2D eigenvalue weighted by Crippen LogP contribution is 2.40. The molecule has 0 saturated carbocycles. The van der Waals surface area contributed by atoms with Gasteiger partial charge in [0, 0.05) is 13.1 Å². The summed E-state index contributed by atoms with van der Waals surface area (Å²) in [5, 5.41) is 7.48. The SMILES string of the molecule is [2H]C([2H])([2H])Oc1cc(P(C)(C)=S)ccc1NCC#Cc1sc2c(N[C@@H]3CCN(C)C[C@@H]3F)cccc2c1CC(F)(F)F. The van der Waals surface area contributed by atoms with Crippen molar-refractivity contribution in [3.63, 3.8) is 0 Å². The quantitative estimate of drug-likeness (QED) is 0.189. The normalized spacial score (nSPS) is 19.9. The van der Waals surface area contributed by atoms with E-state index in [9.17, 15) is 17.6 Å². The number of nitrogens with zero attached hydrogens (tertiary/aromatic N) is 1.